The molecule has 0 bridgehead atoms. The van der Waals surface area contributed by atoms with E-state index in [2.05, 4.69) is 11.6 Å². The zero-order valence-corrected chi connectivity index (χ0v) is 14.1. The molecule has 0 fully saturated rings. The van der Waals surface area contributed by atoms with E-state index in [9.17, 15) is 9.00 Å². The third kappa shape index (κ3) is 5.29. The van der Waals surface area contributed by atoms with Gasteiger partial charge in [0.2, 0.25) is 0 Å². The summed E-state index contributed by atoms with van der Waals surface area (Å²) in [5.74, 6) is 0.966. The summed E-state index contributed by atoms with van der Waals surface area (Å²) >= 11 is 1.78. The third-order valence-corrected chi connectivity index (χ3v) is 5.15. The fourth-order valence-corrected chi connectivity index (χ4v) is 3.22. The zero-order chi connectivity index (χ0) is 15.1. The van der Waals surface area contributed by atoms with E-state index in [1.54, 1.807) is 36.0 Å². The molecule has 0 radical (unpaired) electrons. The molecule has 0 aliphatic heterocycles. The molecule has 0 unspecified atom stereocenters. The lowest BCUT2D eigenvalue weighted by Crippen LogP contribution is -2.32. The predicted molar refractivity (Wildman–Crippen MR) is 87.9 cm³/mol. The molecule has 3 nitrogen and oxygen atoms in total. The van der Waals surface area contributed by atoms with Gasteiger partial charge in [-0.1, -0.05) is 13.8 Å². The Labute approximate surface area is 128 Å². The van der Waals surface area contributed by atoms with Crippen molar-refractivity contribution < 1.29 is 9.00 Å². The van der Waals surface area contributed by atoms with Crippen LogP contribution in [0.4, 0.5) is 0 Å². The summed E-state index contributed by atoms with van der Waals surface area (Å²) in [5.41, 5.74) is 0.616. The van der Waals surface area contributed by atoms with Gasteiger partial charge in [-0.25, -0.2) is 0 Å². The Morgan fingerprint density at radius 2 is 1.85 bits per heavy atom. The standard InChI is InChI=1S/C15H23NO2S2/c1-11(2)20(18)14-7-5-13(6-8-14)15(17)16-12(3)9-10-19-4/h5-8,11-12H,9-10H2,1-4H3,(H,16,17)/t12-,20-/m0/s1. The van der Waals surface area contributed by atoms with Crippen molar-refractivity contribution in [1.82, 2.24) is 5.32 Å². The highest BCUT2D eigenvalue weighted by Crippen LogP contribution is 2.13. The third-order valence-electron chi connectivity index (χ3n) is 2.91. The van der Waals surface area contributed by atoms with E-state index in [4.69, 9.17) is 0 Å². The molecule has 1 aromatic carbocycles. The summed E-state index contributed by atoms with van der Waals surface area (Å²) in [4.78, 5) is 12.8. The maximum Gasteiger partial charge on any atom is 0.251 e. The van der Waals surface area contributed by atoms with Gasteiger partial charge in [0.1, 0.15) is 0 Å². The Balaban J connectivity index is 2.64. The molecular formula is C15H23NO2S2. The van der Waals surface area contributed by atoms with Crippen LogP contribution < -0.4 is 5.32 Å². The maximum atomic E-state index is 12.0. The molecule has 1 amide bonds. The Morgan fingerprint density at radius 3 is 2.35 bits per heavy atom. The van der Waals surface area contributed by atoms with Crippen LogP contribution in [-0.4, -0.2) is 33.4 Å². The van der Waals surface area contributed by atoms with Crippen LogP contribution in [0.25, 0.3) is 0 Å². The molecule has 0 saturated heterocycles. The first kappa shape index (κ1) is 17.2. The van der Waals surface area contributed by atoms with Gasteiger partial charge in [0.05, 0.1) is 10.8 Å². The molecule has 5 heteroatoms. The fraction of sp³-hybridized carbons (Fsp3) is 0.533. The Kier molecular flexibility index (Phi) is 7.30. The van der Waals surface area contributed by atoms with Crippen molar-refractivity contribution >= 4 is 28.5 Å². The van der Waals surface area contributed by atoms with Crippen LogP contribution in [0.1, 0.15) is 37.6 Å². The van der Waals surface area contributed by atoms with Crippen LogP contribution in [0.3, 0.4) is 0 Å². The minimum absolute atomic E-state index is 0.0690. The lowest BCUT2D eigenvalue weighted by Gasteiger charge is -2.13. The molecule has 0 heterocycles. The van der Waals surface area contributed by atoms with Crippen molar-refractivity contribution in [3.63, 3.8) is 0 Å². The van der Waals surface area contributed by atoms with E-state index >= 15 is 0 Å². The lowest BCUT2D eigenvalue weighted by molar-refractivity contribution is 0.0939. The van der Waals surface area contributed by atoms with Crippen molar-refractivity contribution in [2.45, 2.75) is 43.4 Å². The topological polar surface area (TPSA) is 46.2 Å². The highest BCUT2D eigenvalue weighted by molar-refractivity contribution is 7.98. The minimum Gasteiger partial charge on any atom is -0.350 e. The number of rotatable bonds is 7. The highest BCUT2D eigenvalue weighted by Gasteiger charge is 2.12. The van der Waals surface area contributed by atoms with Gasteiger partial charge in [-0.15, -0.1) is 0 Å². The zero-order valence-electron chi connectivity index (χ0n) is 12.5. The molecule has 1 N–H and O–H groups in total. The minimum atomic E-state index is -1.01. The summed E-state index contributed by atoms with van der Waals surface area (Å²) in [7, 11) is -1.01. The van der Waals surface area contributed by atoms with Crippen LogP contribution in [0, 0.1) is 0 Å². The van der Waals surface area contributed by atoms with Crippen LogP contribution >= 0.6 is 11.8 Å². The second kappa shape index (κ2) is 8.47. The summed E-state index contributed by atoms with van der Waals surface area (Å²) < 4.78 is 11.9. The number of nitrogens with one attached hydrogen (secondary N) is 1. The molecule has 0 aromatic heterocycles. The van der Waals surface area contributed by atoms with Gasteiger partial charge in [0, 0.05) is 21.8 Å². The largest absolute Gasteiger partial charge is 0.350 e. The first-order chi connectivity index (χ1) is 9.45. The Morgan fingerprint density at radius 1 is 1.25 bits per heavy atom. The molecule has 0 aliphatic carbocycles. The number of amides is 1. The van der Waals surface area contributed by atoms with E-state index < -0.39 is 10.8 Å². The van der Waals surface area contributed by atoms with Crippen LogP contribution in [-0.2, 0) is 10.8 Å². The number of benzene rings is 1. The average Bonchev–Trinajstić information content (AvgIpc) is 2.44. The van der Waals surface area contributed by atoms with Crippen molar-refractivity contribution in [3.8, 4) is 0 Å². The summed E-state index contributed by atoms with van der Waals surface area (Å²) in [5, 5.41) is 3.06. The SMILES string of the molecule is CSCC[C@H](C)NC(=O)c1ccc([S@@](=O)C(C)C)cc1. The second-order valence-electron chi connectivity index (χ2n) is 5.03. The van der Waals surface area contributed by atoms with Gasteiger partial charge in [-0.05, 0) is 49.6 Å². The Bertz CT molecular complexity index is 457. The van der Waals surface area contributed by atoms with Crippen LogP contribution in [0.2, 0.25) is 0 Å². The molecule has 1 rings (SSSR count). The Hall–Kier alpha value is -0.810. The molecule has 1 aromatic rings. The van der Waals surface area contributed by atoms with Crippen molar-refractivity contribution in [3.05, 3.63) is 29.8 Å². The van der Waals surface area contributed by atoms with Gasteiger partial charge >= 0.3 is 0 Å². The second-order valence-corrected chi connectivity index (χ2v) is 8.02. The lowest BCUT2D eigenvalue weighted by atomic mass is 10.2. The molecule has 112 valence electrons. The van der Waals surface area contributed by atoms with Gasteiger partial charge in [0.15, 0.2) is 0 Å². The van der Waals surface area contributed by atoms with Gasteiger partial charge in [-0.2, -0.15) is 11.8 Å². The smallest absolute Gasteiger partial charge is 0.251 e. The normalized spacial score (nSPS) is 14.1. The van der Waals surface area contributed by atoms with E-state index in [-0.39, 0.29) is 17.2 Å². The first-order valence-electron chi connectivity index (χ1n) is 6.76. The highest BCUT2D eigenvalue weighted by atomic mass is 32.2. The van der Waals surface area contributed by atoms with Crippen molar-refractivity contribution in [1.29, 1.82) is 0 Å². The van der Waals surface area contributed by atoms with Crippen molar-refractivity contribution in [2.75, 3.05) is 12.0 Å². The average molecular weight is 313 g/mol. The van der Waals surface area contributed by atoms with E-state index in [0.29, 0.717) is 5.56 Å². The quantitative estimate of drug-likeness (QED) is 0.841. The predicted octanol–water partition coefficient (Wildman–Crippen LogP) is 3.07. The number of thioether (sulfide) groups is 1. The molecule has 0 saturated carbocycles. The number of hydrogen-bond donors (Lipinski definition) is 1. The van der Waals surface area contributed by atoms with E-state index in [1.807, 2.05) is 20.8 Å². The van der Waals surface area contributed by atoms with Crippen molar-refractivity contribution in [2.24, 2.45) is 0 Å². The van der Waals surface area contributed by atoms with E-state index in [1.165, 1.54) is 0 Å². The molecule has 2 atom stereocenters. The number of hydrogen-bond acceptors (Lipinski definition) is 3. The number of carbonyl (C=O) groups is 1. The molecule has 20 heavy (non-hydrogen) atoms. The number of carbonyl (C=O) groups excluding carboxylic acids is 1. The first-order valence-corrected chi connectivity index (χ1v) is 9.36. The summed E-state index contributed by atoms with van der Waals surface area (Å²) in [6.45, 7) is 5.85. The van der Waals surface area contributed by atoms with Gasteiger partial charge in [0.25, 0.3) is 5.91 Å². The monoisotopic (exact) mass is 313 g/mol. The fourth-order valence-electron chi connectivity index (χ4n) is 1.69. The van der Waals surface area contributed by atoms with Crippen LogP contribution in [0.15, 0.2) is 29.2 Å². The molecule has 0 spiro atoms. The summed E-state index contributed by atoms with van der Waals surface area (Å²) in [6, 6.07) is 7.20. The maximum absolute atomic E-state index is 12.0. The molecular weight excluding hydrogens is 290 g/mol. The van der Waals surface area contributed by atoms with Gasteiger partial charge in [-0.3, -0.25) is 9.00 Å². The van der Waals surface area contributed by atoms with Crippen LogP contribution in [0.5, 0.6) is 0 Å². The van der Waals surface area contributed by atoms with E-state index in [0.717, 1.165) is 17.1 Å². The molecule has 0 aliphatic rings. The van der Waals surface area contributed by atoms with Gasteiger partial charge < -0.3 is 5.32 Å². The summed E-state index contributed by atoms with van der Waals surface area (Å²) in [6.07, 6.45) is 3.02.